The van der Waals surface area contributed by atoms with Gasteiger partial charge in [-0.25, -0.2) is 33.7 Å². The van der Waals surface area contributed by atoms with Crippen molar-refractivity contribution in [1.82, 2.24) is 32.2 Å². The van der Waals surface area contributed by atoms with Gasteiger partial charge in [0.2, 0.25) is 40.1 Å². The Labute approximate surface area is 710 Å². The second-order valence-corrected chi connectivity index (χ2v) is 39.9. The minimum atomic E-state index is -5.12. The van der Waals surface area contributed by atoms with Crippen LogP contribution in [0.15, 0.2) is 200 Å². The third kappa shape index (κ3) is 20.5. The molecular formula is C85H82BrCl2F12N7O10S4. The van der Waals surface area contributed by atoms with Gasteiger partial charge in [0.25, 0.3) is 0 Å². The zero-order valence-electron chi connectivity index (χ0n) is 65.2. The number of hydrogen-bond donors (Lipinski definition) is 3. The van der Waals surface area contributed by atoms with Crippen LogP contribution < -0.4 is 9.47 Å². The predicted octanol–water partition coefficient (Wildman–Crippen LogP) is 22.1. The molecule has 7 heterocycles. The lowest BCUT2D eigenvalue weighted by molar-refractivity contribution is -0.276. The van der Waals surface area contributed by atoms with Crippen LogP contribution in [0.2, 0.25) is 10.0 Å². The first-order chi connectivity index (χ1) is 56.8. The Morgan fingerprint density at radius 3 is 1.24 bits per heavy atom. The van der Waals surface area contributed by atoms with Crippen molar-refractivity contribution in [2.75, 3.05) is 52.4 Å². The highest BCUT2D eigenvalue weighted by Crippen LogP contribution is 2.46. The maximum atomic E-state index is 13.4. The largest absolute Gasteiger partial charge is 0.573 e. The Bertz CT molecular complexity index is 6170. The predicted molar refractivity (Wildman–Crippen MR) is 443 cm³/mol. The van der Waals surface area contributed by atoms with Crippen molar-refractivity contribution >= 4 is 118 Å². The molecule has 0 atom stereocenters. The number of halogens is 15. The van der Waals surface area contributed by atoms with Gasteiger partial charge in [-0.2, -0.15) is 43.6 Å². The third-order valence-electron chi connectivity index (χ3n) is 22.6. The second kappa shape index (κ2) is 35.7. The lowest BCUT2D eigenvalue weighted by atomic mass is 9.86. The summed E-state index contributed by atoms with van der Waals surface area (Å²) in [6, 6.07) is 38.0. The van der Waals surface area contributed by atoms with Gasteiger partial charge in [0.15, 0.2) is 5.75 Å². The van der Waals surface area contributed by atoms with E-state index in [1.165, 1.54) is 61.2 Å². The summed E-state index contributed by atoms with van der Waals surface area (Å²) in [4.78, 5) is 7.51. The van der Waals surface area contributed by atoms with Gasteiger partial charge in [-0.3, -0.25) is 0 Å². The SMILES string of the molecule is Cc1ccc2[nH]cc(C3CCN(S(=O)(=O)c4cc(C(F)(F)F)ccc4C(F)(F)F)CC3)c2c1.Cc1ccc2[nH]cc(C3CCN(S(=O)(=O)c4ccc(Br)cc4OC(F)(F)F)CC3)c2c1.Cc1ccc2[nH]cc(C3CCN(S(=O)(=O)c4ccccc4OC(F)(F)F)CC3)c2c1.Cc1cccc2c1CC=C2C1CCN(S(=O)(=O)c2cc(Cl)cc(Cl)c2)CC1. The van der Waals surface area contributed by atoms with Gasteiger partial charge in [0, 0.05) is 118 Å². The quantitative estimate of drug-likeness (QED) is 0.0875. The van der Waals surface area contributed by atoms with Crippen LogP contribution in [-0.2, 0) is 58.9 Å². The molecule has 36 heteroatoms. The smallest absolute Gasteiger partial charge is 0.404 e. The highest BCUT2D eigenvalue weighted by atomic mass is 79.9. The Morgan fingerprint density at radius 1 is 0.405 bits per heavy atom. The van der Waals surface area contributed by atoms with E-state index in [-0.39, 0.29) is 80.1 Å². The van der Waals surface area contributed by atoms with Crippen LogP contribution in [0.1, 0.15) is 130 Å². The number of nitrogens with zero attached hydrogens (tertiary/aromatic N) is 4. The molecule has 5 aliphatic rings. The molecule has 4 saturated heterocycles. The van der Waals surface area contributed by atoms with Crippen molar-refractivity contribution < 1.29 is 95.8 Å². The van der Waals surface area contributed by atoms with E-state index >= 15 is 0 Å². The summed E-state index contributed by atoms with van der Waals surface area (Å²) < 4.78 is 273. The molecular weight excluding hydrogens is 1790 g/mol. The van der Waals surface area contributed by atoms with Crippen molar-refractivity contribution in [3.63, 3.8) is 0 Å². The number of aromatic nitrogens is 3. The highest BCUT2D eigenvalue weighted by molar-refractivity contribution is 9.10. The van der Waals surface area contributed by atoms with Crippen molar-refractivity contribution in [3.05, 3.63) is 252 Å². The number of piperidine rings is 4. The molecule has 121 heavy (non-hydrogen) atoms. The zero-order chi connectivity index (χ0) is 87.3. The Morgan fingerprint density at radius 2 is 0.810 bits per heavy atom. The molecule has 0 amide bonds. The molecule has 0 bridgehead atoms. The summed E-state index contributed by atoms with van der Waals surface area (Å²) in [6.45, 7) is 9.84. The monoisotopic (exact) mass is 1870 g/mol. The first-order valence-electron chi connectivity index (χ1n) is 38.5. The maximum absolute atomic E-state index is 13.4. The van der Waals surface area contributed by atoms with E-state index in [1.807, 2.05) is 81.8 Å². The van der Waals surface area contributed by atoms with E-state index in [1.54, 1.807) is 10.4 Å². The average Bonchev–Trinajstić information content (AvgIpc) is 1.75. The molecule has 17 nitrogen and oxygen atoms in total. The fraction of sp³-hybridized carbons (Fsp3) is 0.341. The van der Waals surface area contributed by atoms with Crippen LogP contribution >= 0.6 is 39.1 Å². The topological polar surface area (TPSA) is 215 Å². The fourth-order valence-electron chi connectivity index (χ4n) is 16.5. The van der Waals surface area contributed by atoms with E-state index in [9.17, 15) is 86.4 Å². The van der Waals surface area contributed by atoms with Crippen LogP contribution in [-0.4, -0.2) is 131 Å². The van der Waals surface area contributed by atoms with Crippen LogP contribution in [0.25, 0.3) is 38.3 Å². The first-order valence-corrected chi connectivity index (χ1v) is 45.8. The number of aromatic amines is 3. The van der Waals surface area contributed by atoms with Crippen LogP contribution in [0.5, 0.6) is 11.5 Å². The highest BCUT2D eigenvalue weighted by Gasteiger charge is 2.45. The minimum absolute atomic E-state index is 0.0319. The molecule has 0 unspecified atom stereocenters. The molecule has 1 aliphatic carbocycles. The zero-order valence-corrected chi connectivity index (χ0v) is 71.6. The molecule has 3 N–H and O–H groups in total. The summed E-state index contributed by atoms with van der Waals surface area (Å²) in [5.41, 5.74) is 12.0. The standard InChI is InChI=1S/C22H20F6N2O2S.C21H20BrF3N2O3S.C21H21Cl2NO2S.C21H21F3N2O3S/c1-13-2-5-19-16(10-13)17(12-29-19)14-6-8-30(9-7-14)33(31,32)20-11-15(21(23,24)25)3-4-18(20)22(26,27)28;1-13-2-4-18-16(10-13)17(12-26-18)14-6-8-27(9-7-14)31(28,29)20-5-3-15(22)11-19(20)30-21(23,24)25;1-14-3-2-4-21-19(14)5-6-20(21)15-7-9-24(10-8-15)27(25,26)18-12-16(22)11-17(23)13-18;1-14-6-7-18-16(12-14)17(13-25-18)15-8-10-26(11-9-15)30(27,28)20-5-3-2-4-19(20)29-21(22,23)24/h2-5,10-12,14,29H,6-9H2,1H3;2-5,10-12,14,26H,6-9H2,1H3;2-4,6,11-13,15H,5,7-10H2,1H3;2-7,12-13,15,25H,8-11H2,1H3. The van der Waals surface area contributed by atoms with E-state index in [4.69, 9.17) is 23.2 Å². The summed E-state index contributed by atoms with van der Waals surface area (Å²) >= 11 is 15.0. The van der Waals surface area contributed by atoms with E-state index in [0.29, 0.717) is 72.1 Å². The molecule has 11 aromatic rings. The Hall–Kier alpha value is -8.42. The van der Waals surface area contributed by atoms with Gasteiger partial charge in [-0.1, -0.05) is 110 Å². The minimum Gasteiger partial charge on any atom is -0.404 e. The molecule has 0 saturated carbocycles. The molecule has 16 rings (SSSR count). The van der Waals surface area contributed by atoms with Gasteiger partial charge >= 0.3 is 25.1 Å². The second-order valence-electron chi connectivity index (χ2n) is 30.5. The number of benzene rings is 8. The lowest BCUT2D eigenvalue weighted by Crippen LogP contribution is -2.38. The van der Waals surface area contributed by atoms with Gasteiger partial charge in [-0.05, 0) is 251 Å². The van der Waals surface area contributed by atoms with Crippen molar-refractivity contribution in [2.24, 2.45) is 5.92 Å². The Balaban J connectivity index is 0.000000140. The number of allylic oxidation sites excluding steroid dienone is 2. The Kier molecular flexibility index (Phi) is 26.6. The number of ether oxygens (including phenoxy) is 2. The summed E-state index contributed by atoms with van der Waals surface area (Å²) in [5.74, 6) is -0.736. The number of para-hydroxylation sites is 1. The van der Waals surface area contributed by atoms with Gasteiger partial charge in [0.1, 0.15) is 15.5 Å². The summed E-state index contributed by atoms with van der Waals surface area (Å²) in [7, 11) is -16.6. The number of nitrogens with one attached hydrogen (secondary N) is 3. The fourth-order valence-corrected chi connectivity index (χ4v) is 23.9. The molecule has 4 aliphatic heterocycles. The van der Waals surface area contributed by atoms with Crippen molar-refractivity contribution in [1.29, 1.82) is 0 Å². The lowest BCUT2D eigenvalue weighted by Gasteiger charge is -2.32. The van der Waals surface area contributed by atoms with Crippen LogP contribution in [0.3, 0.4) is 0 Å². The van der Waals surface area contributed by atoms with E-state index < -0.39 is 102 Å². The third-order valence-corrected chi connectivity index (χ3v) is 31.2. The number of aryl methyl sites for hydroxylation is 4. The number of fused-ring (bicyclic) bond motifs is 4. The molecule has 646 valence electrons. The van der Waals surface area contributed by atoms with Crippen molar-refractivity contribution in [3.8, 4) is 11.5 Å². The normalized spacial score (nSPS) is 17.2. The number of alkyl halides is 12. The molecule has 0 radical (unpaired) electrons. The average molecular weight is 1870 g/mol. The van der Waals surface area contributed by atoms with Crippen LogP contribution in [0.4, 0.5) is 52.7 Å². The summed E-state index contributed by atoms with van der Waals surface area (Å²) in [5, 5.41) is 3.90. The number of hydrogen-bond acceptors (Lipinski definition) is 10. The summed E-state index contributed by atoms with van der Waals surface area (Å²) in [6.07, 6.45) is -6.34. The van der Waals surface area contributed by atoms with E-state index in [0.717, 1.165) is 114 Å². The molecule has 4 fully saturated rings. The van der Waals surface area contributed by atoms with Crippen LogP contribution in [0, 0.1) is 33.6 Å². The number of rotatable bonds is 14. The van der Waals surface area contributed by atoms with Gasteiger partial charge < -0.3 is 24.4 Å². The molecule has 3 aromatic heterocycles. The first kappa shape index (κ1) is 90.3. The van der Waals surface area contributed by atoms with Gasteiger partial charge in [-0.15, -0.1) is 26.3 Å². The molecule has 0 spiro atoms. The maximum Gasteiger partial charge on any atom is 0.573 e. The number of H-pyrrole nitrogens is 3. The van der Waals surface area contributed by atoms with Gasteiger partial charge in [0.05, 0.1) is 20.9 Å². The molecule has 8 aromatic carbocycles. The van der Waals surface area contributed by atoms with E-state index in [2.05, 4.69) is 83.7 Å². The number of sulfonamides is 4. The van der Waals surface area contributed by atoms with Crippen molar-refractivity contribution in [2.45, 2.75) is 148 Å².